The second-order valence-corrected chi connectivity index (χ2v) is 3.30. The van der Waals surface area contributed by atoms with Crippen molar-refractivity contribution in [3.8, 4) is 0 Å². The van der Waals surface area contributed by atoms with Gasteiger partial charge in [-0.2, -0.15) is 0 Å². The Morgan fingerprint density at radius 2 is 2.29 bits per heavy atom. The van der Waals surface area contributed by atoms with Crippen molar-refractivity contribution < 1.29 is 0 Å². The Hall–Kier alpha value is -0.0900. The third-order valence-corrected chi connectivity index (χ3v) is 2.21. The van der Waals surface area contributed by atoms with Crippen molar-refractivity contribution in [1.82, 2.24) is 0 Å². The molecular formula is C6H9P. The number of hydrogen-bond donors (Lipinski definition) is 0. The van der Waals surface area contributed by atoms with Gasteiger partial charge in [0.1, 0.15) is 0 Å². The van der Waals surface area contributed by atoms with Crippen molar-refractivity contribution in [3.05, 3.63) is 11.4 Å². The first-order valence-electron chi connectivity index (χ1n) is 2.48. The monoisotopic (exact) mass is 112 g/mol. The SMILES string of the molecule is CC1=CP=C(C)C1. The molecule has 0 aliphatic carbocycles. The maximum atomic E-state index is 2.27. The minimum Gasteiger partial charge on any atom is -0.0774 e. The van der Waals surface area contributed by atoms with E-state index in [0.717, 1.165) is 0 Å². The molecule has 38 valence electrons. The summed E-state index contributed by atoms with van der Waals surface area (Å²) in [5, 5.41) is 1.58. The highest BCUT2D eigenvalue weighted by Crippen LogP contribution is 2.20. The normalized spacial score (nSPS) is 21.4. The van der Waals surface area contributed by atoms with Crippen LogP contribution in [0.3, 0.4) is 0 Å². The highest BCUT2D eigenvalue weighted by molar-refractivity contribution is 7.44. The summed E-state index contributed by atoms with van der Waals surface area (Å²) in [6, 6.07) is 0. The van der Waals surface area contributed by atoms with Gasteiger partial charge in [0.15, 0.2) is 0 Å². The van der Waals surface area contributed by atoms with E-state index in [4.69, 9.17) is 0 Å². The third kappa shape index (κ3) is 1.14. The van der Waals surface area contributed by atoms with Crippen LogP contribution in [0.25, 0.3) is 0 Å². The fourth-order valence-corrected chi connectivity index (χ4v) is 1.59. The molecule has 0 atom stereocenters. The van der Waals surface area contributed by atoms with Gasteiger partial charge in [-0.05, 0) is 31.4 Å². The summed E-state index contributed by atoms with van der Waals surface area (Å²) in [5.74, 6) is 2.27. The van der Waals surface area contributed by atoms with Gasteiger partial charge in [-0.1, -0.05) is 13.8 Å². The lowest BCUT2D eigenvalue weighted by molar-refractivity contribution is 1.30. The van der Waals surface area contributed by atoms with E-state index in [1.165, 1.54) is 20.2 Å². The fourth-order valence-electron chi connectivity index (χ4n) is 0.715. The molecule has 0 nitrogen and oxygen atoms in total. The predicted molar refractivity (Wildman–Crippen MR) is 36.0 cm³/mol. The largest absolute Gasteiger partial charge is 0.0774 e. The van der Waals surface area contributed by atoms with Crippen LogP contribution in [0.4, 0.5) is 0 Å². The van der Waals surface area contributed by atoms with Gasteiger partial charge in [0.25, 0.3) is 0 Å². The molecule has 0 aromatic heterocycles. The van der Waals surface area contributed by atoms with E-state index < -0.39 is 0 Å². The molecule has 0 aromatic rings. The lowest BCUT2D eigenvalue weighted by Gasteiger charge is -1.86. The van der Waals surface area contributed by atoms with Gasteiger partial charge in [-0.25, -0.2) is 0 Å². The minimum atomic E-state index is 1.24. The molecule has 0 unspecified atom stereocenters. The van der Waals surface area contributed by atoms with Crippen LogP contribution in [0, 0.1) is 0 Å². The van der Waals surface area contributed by atoms with E-state index in [-0.39, 0.29) is 0 Å². The smallest absolute Gasteiger partial charge is 0.00610 e. The molecule has 0 bridgehead atoms. The molecule has 0 saturated carbocycles. The van der Waals surface area contributed by atoms with Crippen molar-refractivity contribution in [3.63, 3.8) is 0 Å². The van der Waals surface area contributed by atoms with Gasteiger partial charge in [-0.3, -0.25) is 0 Å². The molecule has 1 aliphatic heterocycles. The molecule has 0 radical (unpaired) electrons. The van der Waals surface area contributed by atoms with Gasteiger partial charge in [-0.15, -0.1) is 0 Å². The summed E-state index contributed by atoms with van der Waals surface area (Å²) in [7, 11) is 1.44. The Balaban J connectivity index is 2.61. The molecule has 1 aliphatic rings. The molecule has 7 heavy (non-hydrogen) atoms. The van der Waals surface area contributed by atoms with Crippen LogP contribution in [0.15, 0.2) is 11.4 Å². The van der Waals surface area contributed by atoms with Crippen molar-refractivity contribution in [1.29, 1.82) is 0 Å². The average molecular weight is 112 g/mol. The lowest BCUT2D eigenvalue weighted by Crippen LogP contribution is -1.80. The van der Waals surface area contributed by atoms with Crippen LogP contribution in [0.5, 0.6) is 0 Å². The maximum absolute atomic E-state index is 2.27. The Kier molecular flexibility index (Phi) is 1.30. The minimum absolute atomic E-state index is 1.24. The second kappa shape index (κ2) is 1.79. The van der Waals surface area contributed by atoms with E-state index >= 15 is 0 Å². The summed E-state index contributed by atoms with van der Waals surface area (Å²) in [5.41, 5.74) is 1.53. The van der Waals surface area contributed by atoms with Crippen LogP contribution in [0.1, 0.15) is 20.3 Å². The van der Waals surface area contributed by atoms with Gasteiger partial charge >= 0.3 is 0 Å². The Morgan fingerprint density at radius 3 is 2.43 bits per heavy atom. The third-order valence-electron chi connectivity index (χ3n) is 1.04. The van der Waals surface area contributed by atoms with Crippen LogP contribution in [0.2, 0.25) is 0 Å². The number of hydrogen-bond acceptors (Lipinski definition) is 0. The van der Waals surface area contributed by atoms with E-state index in [1.807, 2.05) is 0 Å². The van der Waals surface area contributed by atoms with Gasteiger partial charge in [0.2, 0.25) is 0 Å². The van der Waals surface area contributed by atoms with E-state index in [0.29, 0.717) is 0 Å². The van der Waals surface area contributed by atoms with Crippen LogP contribution in [-0.4, -0.2) is 5.29 Å². The quantitative estimate of drug-likeness (QED) is 0.422. The molecule has 1 heteroatoms. The zero-order valence-corrected chi connectivity index (χ0v) is 5.63. The first-order valence-corrected chi connectivity index (χ1v) is 3.44. The first-order chi connectivity index (χ1) is 3.29. The molecule has 1 rings (SSSR count). The van der Waals surface area contributed by atoms with E-state index in [1.54, 1.807) is 5.29 Å². The van der Waals surface area contributed by atoms with Crippen molar-refractivity contribution in [2.45, 2.75) is 20.3 Å². The van der Waals surface area contributed by atoms with Gasteiger partial charge < -0.3 is 0 Å². The molecule has 0 spiro atoms. The highest BCUT2D eigenvalue weighted by Gasteiger charge is 1.96. The molecule has 0 N–H and O–H groups in total. The lowest BCUT2D eigenvalue weighted by atomic mass is 10.2. The number of rotatable bonds is 0. The molecule has 0 aromatic carbocycles. The maximum Gasteiger partial charge on any atom is -0.00610 e. The van der Waals surface area contributed by atoms with Crippen molar-refractivity contribution >= 4 is 13.5 Å². The molecule has 1 heterocycles. The van der Waals surface area contributed by atoms with Crippen LogP contribution in [-0.2, 0) is 0 Å². The highest BCUT2D eigenvalue weighted by atomic mass is 31.1. The summed E-state index contributed by atoms with van der Waals surface area (Å²) >= 11 is 0. The molecular weight excluding hydrogens is 103 g/mol. The second-order valence-electron chi connectivity index (χ2n) is 2.02. The van der Waals surface area contributed by atoms with Crippen LogP contribution >= 0.6 is 8.20 Å². The molecule has 0 fully saturated rings. The average Bonchev–Trinajstić information content (AvgIpc) is 1.87. The summed E-state index contributed by atoms with van der Waals surface area (Å²) < 4.78 is 0. The Bertz CT molecular complexity index is 115. The Labute approximate surface area is 46.0 Å². The van der Waals surface area contributed by atoms with Crippen molar-refractivity contribution in [2.24, 2.45) is 0 Å². The summed E-state index contributed by atoms with van der Waals surface area (Å²) in [6.45, 7) is 4.39. The molecule has 0 saturated heterocycles. The van der Waals surface area contributed by atoms with Crippen LogP contribution < -0.4 is 0 Å². The molecule has 0 amide bonds. The van der Waals surface area contributed by atoms with E-state index in [2.05, 4.69) is 19.7 Å². The summed E-state index contributed by atoms with van der Waals surface area (Å²) in [6.07, 6.45) is 1.24. The zero-order chi connectivity index (χ0) is 5.28. The summed E-state index contributed by atoms with van der Waals surface area (Å²) in [4.78, 5) is 0. The first kappa shape index (κ1) is 5.05. The standard InChI is InChI=1S/C6H9P/c1-5-3-6(2)7-4-5/h4H,3H2,1-2H3. The van der Waals surface area contributed by atoms with Gasteiger partial charge in [0, 0.05) is 0 Å². The zero-order valence-electron chi connectivity index (χ0n) is 4.73. The van der Waals surface area contributed by atoms with Crippen molar-refractivity contribution in [2.75, 3.05) is 0 Å². The Morgan fingerprint density at radius 1 is 1.57 bits per heavy atom. The van der Waals surface area contributed by atoms with E-state index in [9.17, 15) is 0 Å². The van der Waals surface area contributed by atoms with Gasteiger partial charge in [0.05, 0.1) is 0 Å². The predicted octanol–water partition coefficient (Wildman–Crippen LogP) is 2.43. The number of allylic oxidation sites excluding steroid dienone is 1. The topological polar surface area (TPSA) is 0 Å². The fraction of sp³-hybridized carbons (Fsp3) is 0.500.